The topological polar surface area (TPSA) is 55.4 Å². The molecule has 1 N–H and O–H groups in total. The minimum atomic E-state index is -0.449. The van der Waals surface area contributed by atoms with E-state index < -0.39 is 5.25 Å². The smallest absolute Gasteiger partial charge is 0.341 e. The Morgan fingerprint density at radius 3 is 2.37 bits per heavy atom. The van der Waals surface area contributed by atoms with Gasteiger partial charge in [-0.1, -0.05) is 69.3 Å². The van der Waals surface area contributed by atoms with E-state index in [2.05, 4.69) is 26.1 Å². The van der Waals surface area contributed by atoms with Crippen LogP contribution < -0.4 is 5.32 Å². The summed E-state index contributed by atoms with van der Waals surface area (Å²) in [6.45, 7) is 8.94. The molecule has 0 bridgehead atoms. The summed E-state index contributed by atoms with van der Waals surface area (Å²) in [6.07, 6.45) is 2.79. The van der Waals surface area contributed by atoms with E-state index >= 15 is 0 Å². The van der Waals surface area contributed by atoms with Crippen LogP contribution in [0.5, 0.6) is 0 Å². The second-order valence-corrected chi connectivity index (χ2v) is 12.2. The maximum absolute atomic E-state index is 13.7. The Balaban J connectivity index is 1.67. The molecule has 0 saturated heterocycles. The number of anilines is 1. The first-order valence-electron chi connectivity index (χ1n) is 12.2. The van der Waals surface area contributed by atoms with Gasteiger partial charge in [0.15, 0.2) is 0 Å². The van der Waals surface area contributed by atoms with E-state index in [0.29, 0.717) is 23.1 Å². The molecular formula is C29H33NO3S2. The highest BCUT2D eigenvalue weighted by atomic mass is 32.2. The lowest BCUT2D eigenvalue weighted by atomic mass is 9.72. The molecule has 1 aliphatic rings. The molecule has 0 unspecified atom stereocenters. The van der Waals surface area contributed by atoms with E-state index in [4.69, 9.17) is 4.74 Å². The van der Waals surface area contributed by atoms with E-state index in [9.17, 15) is 9.59 Å². The third-order valence-electron chi connectivity index (χ3n) is 6.54. The van der Waals surface area contributed by atoms with Crippen molar-refractivity contribution >= 4 is 40.0 Å². The van der Waals surface area contributed by atoms with Crippen molar-refractivity contribution in [1.29, 1.82) is 0 Å². The highest BCUT2D eigenvalue weighted by Gasteiger charge is 2.35. The summed E-state index contributed by atoms with van der Waals surface area (Å²) in [5.41, 5.74) is 2.71. The number of hydrogen-bond donors (Lipinski definition) is 1. The Bertz CT molecular complexity index is 1170. The van der Waals surface area contributed by atoms with E-state index in [1.165, 1.54) is 16.6 Å². The number of thiophene rings is 1. The van der Waals surface area contributed by atoms with Crippen LogP contribution in [0.2, 0.25) is 0 Å². The van der Waals surface area contributed by atoms with Crippen LogP contribution >= 0.6 is 23.1 Å². The third kappa shape index (κ3) is 5.99. The number of fused-ring (bicyclic) bond motifs is 1. The minimum absolute atomic E-state index is 0.137. The summed E-state index contributed by atoms with van der Waals surface area (Å²) < 4.78 is 5.42. The van der Waals surface area contributed by atoms with Gasteiger partial charge in [-0.3, -0.25) is 4.79 Å². The molecule has 3 aromatic rings. The molecule has 1 heterocycles. The van der Waals surface area contributed by atoms with Crippen molar-refractivity contribution in [2.45, 2.75) is 57.1 Å². The lowest BCUT2D eigenvalue weighted by Crippen LogP contribution is -2.26. The van der Waals surface area contributed by atoms with Crippen LogP contribution in [-0.4, -0.2) is 18.5 Å². The lowest BCUT2D eigenvalue weighted by Gasteiger charge is -2.33. The van der Waals surface area contributed by atoms with Crippen LogP contribution in [0.1, 0.15) is 65.7 Å². The average Bonchev–Trinajstić information content (AvgIpc) is 3.20. The molecule has 4 nitrogen and oxygen atoms in total. The van der Waals surface area contributed by atoms with Crippen LogP contribution in [0.25, 0.3) is 0 Å². The normalized spacial score (nSPS) is 16.3. The lowest BCUT2D eigenvalue weighted by molar-refractivity contribution is -0.115. The maximum atomic E-state index is 13.7. The first kappa shape index (κ1) is 25.5. The third-order valence-corrected chi connectivity index (χ3v) is 8.98. The second kappa shape index (κ2) is 11.0. The van der Waals surface area contributed by atoms with Gasteiger partial charge in [0.05, 0.1) is 12.2 Å². The number of ether oxygens (including phenoxy) is 1. The number of benzene rings is 2. The SMILES string of the molecule is CCOC(=O)c1c(NC(=O)[C@H](Sc2ccccc2)c2ccccc2)sc2c1CC[C@@H](C(C)(C)C)C2. The Labute approximate surface area is 216 Å². The molecule has 35 heavy (non-hydrogen) atoms. The first-order chi connectivity index (χ1) is 16.8. The summed E-state index contributed by atoms with van der Waals surface area (Å²) in [4.78, 5) is 28.9. The number of hydrogen-bond acceptors (Lipinski definition) is 5. The molecular weight excluding hydrogens is 474 g/mol. The summed E-state index contributed by atoms with van der Waals surface area (Å²) in [6, 6.07) is 19.7. The van der Waals surface area contributed by atoms with Crippen molar-refractivity contribution in [2.75, 3.05) is 11.9 Å². The van der Waals surface area contributed by atoms with Crippen LogP contribution in [0, 0.1) is 11.3 Å². The summed E-state index contributed by atoms with van der Waals surface area (Å²) >= 11 is 3.05. The minimum Gasteiger partial charge on any atom is -0.462 e. The van der Waals surface area contributed by atoms with Gasteiger partial charge in [0, 0.05) is 9.77 Å². The van der Waals surface area contributed by atoms with Gasteiger partial charge in [-0.05, 0) is 60.8 Å². The Kier molecular flexibility index (Phi) is 8.02. The van der Waals surface area contributed by atoms with E-state index in [0.717, 1.165) is 35.3 Å². The molecule has 0 fully saturated rings. The first-order valence-corrected chi connectivity index (χ1v) is 13.9. The molecule has 1 aliphatic carbocycles. The molecule has 0 spiro atoms. The molecule has 1 amide bonds. The molecule has 4 rings (SSSR count). The van der Waals surface area contributed by atoms with E-state index in [1.54, 1.807) is 11.3 Å². The van der Waals surface area contributed by atoms with Gasteiger partial charge in [-0.15, -0.1) is 23.1 Å². The van der Waals surface area contributed by atoms with Gasteiger partial charge in [-0.2, -0.15) is 0 Å². The number of carbonyl (C=O) groups excluding carboxylic acids is 2. The summed E-state index contributed by atoms with van der Waals surface area (Å²) in [5, 5.41) is 3.30. The number of carbonyl (C=O) groups is 2. The standard InChI is InChI=1S/C29H33NO3S2/c1-5-33-28(32)24-22-17-16-20(29(2,3)4)18-23(22)35-27(24)30-26(31)25(19-12-8-6-9-13-19)34-21-14-10-7-11-15-21/h6-15,20,25H,5,16-18H2,1-4H3,(H,30,31)/t20-,25-/m1/s1. The summed E-state index contributed by atoms with van der Waals surface area (Å²) in [5.74, 6) is 0.0565. The van der Waals surface area contributed by atoms with Crippen LogP contribution in [-0.2, 0) is 22.4 Å². The zero-order chi connectivity index (χ0) is 25.0. The molecule has 6 heteroatoms. The Hall–Kier alpha value is -2.57. The zero-order valence-corrected chi connectivity index (χ0v) is 22.4. The van der Waals surface area contributed by atoms with Crippen molar-refractivity contribution in [3.63, 3.8) is 0 Å². The van der Waals surface area contributed by atoms with Gasteiger partial charge in [0.2, 0.25) is 5.91 Å². The molecule has 2 atom stereocenters. The largest absolute Gasteiger partial charge is 0.462 e. The Morgan fingerprint density at radius 2 is 1.74 bits per heavy atom. The number of amides is 1. The van der Waals surface area contributed by atoms with Gasteiger partial charge < -0.3 is 10.1 Å². The number of thioether (sulfide) groups is 1. The molecule has 0 aliphatic heterocycles. The fourth-order valence-electron chi connectivity index (χ4n) is 4.55. The fraction of sp³-hybridized carbons (Fsp3) is 0.379. The number of nitrogens with one attached hydrogen (secondary N) is 1. The van der Waals surface area contributed by atoms with Gasteiger partial charge in [0.25, 0.3) is 0 Å². The molecule has 2 aromatic carbocycles. The van der Waals surface area contributed by atoms with E-state index in [-0.39, 0.29) is 17.3 Å². The van der Waals surface area contributed by atoms with Crippen LogP contribution in [0.3, 0.4) is 0 Å². The molecule has 184 valence electrons. The molecule has 0 saturated carbocycles. The van der Waals surface area contributed by atoms with Crippen LogP contribution in [0.15, 0.2) is 65.6 Å². The van der Waals surface area contributed by atoms with Crippen molar-refractivity contribution in [3.05, 3.63) is 82.2 Å². The fourth-order valence-corrected chi connectivity index (χ4v) is 6.91. The number of esters is 1. The molecule has 1 aromatic heterocycles. The monoisotopic (exact) mass is 507 g/mol. The Morgan fingerprint density at radius 1 is 1.09 bits per heavy atom. The zero-order valence-electron chi connectivity index (χ0n) is 20.8. The summed E-state index contributed by atoms with van der Waals surface area (Å²) in [7, 11) is 0. The van der Waals surface area contributed by atoms with Crippen molar-refractivity contribution in [2.24, 2.45) is 11.3 Å². The average molecular weight is 508 g/mol. The van der Waals surface area contributed by atoms with Crippen molar-refractivity contribution < 1.29 is 14.3 Å². The second-order valence-electron chi connectivity index (χ2n) is 9.95. The van der Waals surface area contributed by atoms with Gasteiger partial charge in [-0.25, -0.2) is 4.79 Å². The van der Waals surface area contributed by atoms with E-state index in [1.807, 2.05) is 67.6 Å². The quantitative estimate of drug-likeness (QED) is 0.265. The van der Waals surface area contributed by atoms with Crippen LogP contribution in [0.4, 0.5) is 5.00 Å². The highest BCUT2D eigenvalue weighted by molar-refractivity contribution is 8.00. The van der Waals surface area contributed by atoms with Crippen molar-refractivity contribution in [1.82, 2.24) is 0 Å². The predicted octanol–water partition coefficient (Wildman–Crippen LogP) is 7.55. The predicted molar refractivity (Wildman–Crippen MR) is 145 cm³/mol. The highest BCUT2D eigenvalue weighted by Crippen LogP contribution is 2.45. The maximum Gasteiger partial charge on any atom is 0.341 e. The van der Waals surface area contributed by atoms with Crippen molar-refractivity contribution in [3.8, 4) is 0 Å². The van der Waals surface area contributed by atoms with Gasteiger partial charge >= 0.3 is 5.97 Å². The molecule has 0 radical (unpaired) electrons. The van der Waals surface area contributed by atoms with Gasteiger partial charge in [0.1, 0.15) is 10.3 Å². The number of rotatable bonds is 7.